The number of carboxylic acids is 1. The molecule has 0 saturated carbocycles. The molecule has 4 nitrogen and oxygen atoms in total. The summed E-state index contributed by atoms with van der Waals surface area (Å²) >= 11 is 0. The van der Waals surface area contributed by atoms with Gasteiger partial charge < -0.3 is 10.4 Å². The Labute approximate surface area is 109 Å². The molecular weight excluding hydrogens is 294 g/mol. The minimum atomic E-state index is -4.05. The van der Waals surface area contributed by atoms with Crippen LogP contribution in [0.2, 0.25) is 0 Å². The van der Waals surface area contributed by atoms with Gasteiger partial charge in [0, 0.05) is 12.8 Å². The first-order valence-electron chi connectivity index (χ1n) is 5.32. The number of carbonyl (C=O) groups is 1. The number of rotatable bonds is 5. The number of carboxylic acid groups (broad SMARTS) is 1. The smallest absolute Gasteiger partial charge is 0.322 e. The molecule has 0 unspecified atom stereocenters. The number of nitrogens with one attached hydrogen (secondary N) is 2. The van der Waals surface area contributed by atoms with Crippen molar-refractivity contribution in [2.45, 2.75) is 31.1 Å². The van der Waals surface area contributed by atoms with Crippen molar-refractivity contribution in [2.75, 3.05) is 6.54 Å². The molecule has 0 atom stereocenters. The Balaban J connectivity index is 3.36. The first-order chi connectivity index (χ1) is 8.99. The molecule has 1 aliphatic carbocycles. The van der Waals surface area contributed by atoms with Crippen LogP contribution in [0.3, 0.4) is 0 Å². The highest BCUT2D eigenvalue weighted by molar-refractivity contribution is 6.02. The van der Waals surface area contributed by atoms with E-state index in [1.165, 1.54) is 5.32 Å². The average Bonchev–Trinajstić information content (AvgIpc) is 2.29. The molecule has 10 heteroatoms. The molecule has 0 bridgehead atoms. The molecule has 0 spiro atoms. The maximum Gasteiger partial charge on any atom is 0.322 e. The van der Waals surface area contributed by atoms with Crippen LogP contribution in [0, 0.1) is 5.41 Å². The monoisotopic (exact) mass is 304 g/mol. The van der Waals surface area contributed by atoms with Crippen LogP contribution in [-0.4, -0.2) is 41.6 Å². The van der Waals surface area contributed by atoms with Gasteiger partial charge in [0.05, 0.1) is 11.3 Å². The Hall–Kier alpha value is -1.74. The van der Waals surface area contributed by atoms with Gasteiger partial charge in [0.25, 0.3) is 18.3 Å². The van der Waals surface area contributed by atoms with Crippen molar-refractivity contribution in [3.05, 3.63) is 11.3 Å². The lowest BCUT2D eigenvalue weighted by Crippen LogP contribution is -2.45. The summed E-state index contributed by atoms with van der Waals surface area (Å²) in [5.41, 5.74) is -5.39. The van der Waals surface area contributed by atoms with Crippen molar-refractivity contribution in [2.24, 2.45) is 0 Å². The van der Waals surface area contributed by atoms with E-state index in [9.17, 15) is 31.1 Å². The van der Waals surface area contributed by atoms with Crippen LogP contribution in [0.15, 0.2) is 11.3 Å². The van der Waals surface area contributed by atoms with E-state index in [-0.39, 0.29) is 0 Å². The Kier molecular flexibility index (Phi) is 4.35. The number of allylic oxidation sites excluding steroid dienone is 2. The Morgan fingerprint density at radius 3 is 2.20 bits per heavy atom. The molecule has 114 valence electrons. The normalized spacial score (nSPS) is 20.9. The van der Waals surface area contributed by atoms with Gasteiger partial charge in [0.2, 0.25) is 0 Å². The van der Waals surface area contributed by atoms with E-state index in [0.717, 1.165) is 0 Å². The van der Waals surface area contributed by atoms with Crippen molar-refractivity contribution >= 4 is 11.7 Å². The molecular formula is C10H10F6N2O2. The highest BCUT2D eigenvalue weighted by Gasteiger charge is 2.53. The van der Waals surface area contributed by atoms with E-state index in [0.29, 0.717) is 0 Å². The fraction of sp³-hybridized carbons (Fsp3) is 0.600. The molecule has 0 heterocycles. The van der Waals surface area contributed by atoms with Gasteiger partial charge in [0.15, 0.2) is 0 Å². The van der Waals surface area contributed by atoms with Crippen LogP contribution < -0.4 is 5.32 Å². The van der Waals surface area contributed by atoms with E-state index >= 15 is 0 Å². The fourth-order valence-electron chi connectivity index (χ4n) is 1.75. The summed E-state index contributed by atoms with van der Waals surface area (Å²) < 4.78 is 79.0. The number of hydrogen-bond donors (Lipinski definition) is 3. The third-order valence-corrected chi connectivity index (χ3v) is 2.64. The van der Waals surface area contributed by atoms with Crippen molar-refractivity contribution in [3.8, 4) is 0 Å². The Bertz CT molecular complexity index is 461. The van der Waals surface area contributed by atoms with Crippen molar-refractivity contribution in [1.82, 2.24) is 5.32 Å². The Morgan fingerprint density at radius 1 is 1.25 bits per heavy atom. The lowest BCUT2D eigenvalue weighted by atomic mass is 9.87. The van der Waals surface area contributed by atoms with E-state index in [2.05, 4.69) is 0 Å². The van der Waals surface area contributed by atoms with Crippen molar-refractivity contribution in [1.29, 1.82) is 5.41 Å². The number of hydrogen-bond acceptors (Lipinski definition) is 3. The van der Waals surface area contributed by atoms with Crippen LogP contribution in [0.25, 0.3) is 0 Å². The number of alkyl halides is 6. The topological polar surface area (TPSA) is 73.2 Å². The standard InChI is InChI=1S/C10H10F6N2O2/c11-8(12)6(17)5-7(18-3-4(19)20)10(15,16)2-1-9(5,13)14/h8,17-18H,1-3H2,(H,19,20). The quantitative estimate of drug-likeness (QED) is 0.539. The van der Waals surface area contributed by atoms with Crippen LogP contribution in [0.4, 0.5) is 26.3 Å². The van der Waals surface area contributed by atoms with Crippen LogP contribution in [0.1, 0.15) is 12.8 Å². The molecule has 1 rings (SSSR count). The second-order valence-corrected chi connectivity index (χ2v) is 4.12. The minimum Gasteiger partial charge on any atom is -0.480 e. The Morgan fingerprint density at radius 2 is 1.75 bits per heavy atom. The lowest BCUT2D eigenvalue weighted by molar-refractivity contribution is -0.136. The highest BCUT2D eigenvalue weighted by Crippen LogP contribution is 2.45. The first kappa shape index (κ1) is 16.3. The number of halogens is 6. The zero-order valence-corrected chi connectivity index (χ0v) is 9.82. The molecule has 0 radical (unpaired) electrons. The van der Waals surface area contributed by atoms with Gasteiger partial charge >= 0.3 is 5.97 Å². The van der Waals surface area contributed by atoms with E-state index in [1.807, 2.05) is 0 Å². The predicted molar refractivity (Wildman–Crippen MR) is 55.5 cm³/mol. The van der Waals surface area contributed by atoms with Crippen LogP contribution in [-0.2, 0) is 4.79 Å². The molecule has 0 aromatic rings. The highest BCUT2D eigenvalue weighted by atomic mass is 19.3. The molecule has 0 aromatic carbocycles. The van der Waals surface area contributed by atoms with Gasteiger partial charge in [-0.25, -0.2) is 17.6 Å². The largest absolute Gasteiger partial charge is 0.480 e. The summed E-state index contributed by atoms with van der Waals surface area (Å²) in [5, 5.41) is 16.8. The van der Waals surface area contributed by atoms with Crippen LogP contribution >= 0.6 is 0 Å². The lowest BCUT2D eigenvalue weighted by Gasteiger charge is -2.34. The summed E-state index contributed by atoms with van der Waals surface area (Å²) in [7, 11) is 0. The SMILES string of the molecule is N=C(C1=C(NCC(=O)O)C(F)(F)CCC1(F)F)C(F)F. The molecule has 0 saturated heterocycles. The summed E-state index contributed by atoms with van der Waals surface area (Å²) in [6.45, 7) is -1.15. The van der Waals surface area contributed by atoms with E-state index < -0.39 is 60.6 Å². The third-order valence-electron chi connectivity index (χ3n) is 2.64. The van der Waals surface area contributed by atoms with Gasteiger partial charge in [-0.3, -0.25) is 10.2 Å². The van der Waals surface area contributed by atoms with Crippen molar-refractivity contribution < 1.29 is 36.2 Å². The summed E-state index contributed by atoms with van der Waals surface area (Å²) in [4.78, 5) is 10.3. The molecule has 0 fully saturated rings. The second-order valence-electron chi connectivity index (χ2n) is 4.12. The van der Waals surface area contributed by atoms with Gasteiger partial charge in [0.1, 0.15) is 12.3 Å². The summed E-state index contributed by atoms with van der Waals surface area (Å²) in [6, 6.07) is 0. The molecule has 0 amide bonds. The molecule has 1 aliphatic rings. The van der Waals surface area contributed by atoms with Crippen molar-refractivity contribution in [3.63, 3.8) is 0 Å². The fourth-order valence-corrected chi connectivity index (χ4v) is 1.75. The van der Waals surface area contributed by atoms with Crippen LogP contribution in [0.5, 0.6) is 0 Å². The molecule has 3 N–H and O–H groups in total. The third kappa shape index (κ3) is 3.23. The van der Waals surface area contributed by atoms with Gasteiger partial charge in [-0.05, 0) is 0 Å². The van der Waals surface area contributed by atoms with Gasteiger partial charge in [-0.15, -0.1) is 0 Å². The molecule has 0 aliphatic heterocycles. The van der Waals surface area contributed by atoms with E-state index in [4.69, 9.17) is 10.5 Å². The average molecular weight is 304 g/mol. The van der Waals surface area contributed by atoms with E-state index in [1.54, 1.807) is 0 Å². The number of aliphatic carboxylic acids is 1. The maximum atomic E-state index is 13.5. The molecule has 0 aromatic heterocycles. The predicted octanol–water partition coefficient (Wildman–Crippen LogP) is 2.26. The second kappa shape index (κ2) is 5.33. The summed E-state index contributed by atoms with van der Waals surface area (Å²) in [5.74, 6) is -9.60. The molecule has 20 heavy (non-hydrogen) atoms. The maximum absolute atomic E-state index is 13.5. The zero-order chi connectivity index (χ0) is 15.7. The summed E-state index contributed by atoms with van der Waals surface area (Å²) in [6.07, 6.45) is -6.41. The minimum absolute atomic E-state index is 1.15. The zero-order valence-electron chi connectivity index (χ0n) is 9.82. The van der Waals surface area contributed by atoms with Gasteiger partial charge in [-0.1, -0.05) is 0 Å². The first-order valence-corrected chi connectivity index (χ1v) is 5.32. The van der Waals surface area contributed by atoms with Gasteiger partial charge in [-0.2, -0.15) is 8.78 Å².